The monoisotopic (exact) mass is 321 g/mol. The van der Waals surface area contributed by atoms with Gasteiger partial charge in [0.15, 0.2) is 11.3 Å². The SMILES string of the molecule is CC(C)(C)c1cc2oc3cc(=O)c(Cl)cc-3nc2cc1Cl. The van der Waals surface area contributed by atoms with E-state index in [1.807, 2.05) is 6.07 Å². The quantitative estimate of drug-likeness (QED) is 0.553. The van der Waals surface area contributed by atoms with Crippen LogP contribution in [0.15, 0.2) is 33.5 Å². The van der Waals surface area contributed by atoms with Crippen LogP contribution < -0.4 is 5.43 Å². The van der Waals surface area contributed by atoms with Gasteiger partial charge in [0.1, 0.15) is 11.2 Å². The average molecular weight is 322 g/mol. The largest absolute Gasteiger partial charge is 0.453 e. The van der Waals surface area contributed by atoms with Crippen molar-refractivity contribution >= 4 is 34.3 Å². The van der Waals surface area contributed by atoms with E-state index in [-0.39, 0.29) is 15.9 Å². The van der Waals surface area contributed by atoms with E-state index < -0.39 is 0 Å². The van der Waals surface area contributed by atoms with E-state index >= 15 is 0 Å². The first-order valence-electron chi connectivity index (χ1n) is 6.50. The third-order valence-electron chi connectivity index (χ3n) is 3.33. The summed E-state index contributed by atoms with van der Waals surface area (Å²) in [6.07, 6.45) is 0. The number of fused-ring (bicyclic) bond motifs is 2. The van der Waals surface area contributed by atoms with Gasteiger partial charge in [0.2, 0.25) is 5.43 Å². The number of hydrogen-bond donors (Lipinski definition) is 0. The third kappa shape index (κ3) is 2.52. The van der Waals surface area contributed by atoms with Crippen molar-refractivity contribution in [2.45, 2.75) is 26.2 Å². The molecule has 0 aromatic heterocycles. The van der Waals surface area contributed by atoms with Gasteiger partial charge in [-0.1, -0.05) is 44.0 Å². The van der Waals surface area contributed by atoms with Crippen molar-refractivity contribution in [3.63, 3.8) is 0 Å². The van der Waals surface area contributed by atoms with E-state index in [2.05, 4.69) is 25.8 Å². The Labute approximate surface area is 131 Å². The molecule has 1 heterocycles. The van der Waals surface area contributed by atoms with Gasteiger partial charge in [-0.2, -0.15) is 0 Å². The second-order valence-electron chi connectivity index (χ2n) is 6.01. The summed E-state index contributed by atoms with van der Waals surface area (Å²) in [6.45, 7) is 6.22. The molecule has 0 amide bonds. The molecule has 0 N–H and O–H groups in total. The predicted molar refractivity (Wildman–Crippen MR) is 85.6 cm³/mol. The fourth-order valence-electron chi connectivity index (χ4n) is 2.23. The minimum absolute atomic E-state index is 0.112. The molecule has 0 unspecified atom stereocenters. The standard InChI is InChI=1S/C16H13Cl2NO2/c1-16(2,3)8-4-14-11(5-9(8)17)19-12-6-10(18)13(20)7-15(12)21-14/h4-7H,1-3H3. The zero-order chi connectivity index (χ0) is 15.4. The summed E-state index contributed by atoms with van der Waals surface area (Å²) in [5, 5.41) is 0.769. The van der Waals surface area contributed by atoms with Crippen molar-refractivity contribution in [2.24, 2.45) is 0 Å². The van der Waals surface area contributed by atoms with Crippen LogP contribution in [0.3, 0.4) is 0 Å². The highest BCUT2D eigenvalue weighted by molar-refractivity contribution is 6.32. The van der Waals surface area contributed by atoms with Crippen molar-refractivity contribution in [3.05, 3.63) is 50.1 Å². The lowest BCUT2D eigenvalue weighted by molar-refractivity contribution is 0.581. The summed E-state index contributed by atoms with van der Waals surface area (Å²) in [7, 11) is 0. The van der Waals surface area contributed by atoms with Crippen LogP contribution in [0.2, 0.25) is 10.0 Å². The lowest BCUT2D eigenvalue weighted by Gasteiger charge is -2.21. The van der Waals surface area contributed by atoms with E-state index in [4.69, 9.17) is 27.6 Å². The summed E-state index contributed by atoms with van der Waals surface area (Å²) < 4.78 is 5.79. The van der Waals surface area contributed by atoms with Gasteiger partial charge < -0.3 is 4.42 Å². The Morgan fingerprint density at radius 2 is 1.76 bits per heavy atom. The highest BCUT2D eigenvalue weighted by Gasteiger charge is 2.20. The molecular formula is C16H13Cl2NO2. The smallest absolute Gasteiger partial charge is 0.201 e. The number of halogens is 2. The van der Waals surface area contributed by atoms with Gasteiger partial charge in [0, 0.05) is 11.1 Å². The molecule has 108 valence electrons. The molecule has 1 aromatic rings. The van der Waals surface area contributed by atoms with Crippen LogP contribution in [0.5, 0.6) is 0 Å². The van der Waals surface area contributed by atoms with Crippen LogP contribution in [0.25, 0.3) is 22.6 Å². The van der Waals surface area contributed by atoms with Crippen LogP contribution in [0, 0.1) is 0 Å². The van der Waals surface area contributed by atoms with Gasteiger partial charge in [-0.3, -0.25) is 4.79 Å². The molecule has 3 nitrogen and oxygen atoms in total. The van der Waals surface area contributed by atoms with Crippen LogP contribution in [-0.2, 0) is 5.41 Å². The second kappa shape index (κ2) is 4.72. The molecule has 0 spiro atoms. The van der Waals surface area contributed by atoms with E-state index in [0.717, 1.165) is 5.56 Å². The summed E-state index contributed by atoms with van der Waals surface area (Å²) in [6, 6.07) is 6.52. The summed E-state index contributed by atoms with van der Waals surface area (Å²) >= 11 is 12.2. The molecule has 0 radical (unpaired) electrons. The maximum absolute atomic E-state index is 11.6. The normalized spacial score (nSPS) is 12.2. The van der Waals surface area contributed by atoms with E-state index in [1.54, 1.807) is 6.07 Å². The van der Waals surface area contributed by atoms with Gasteiger partial charge >= 0.3 is 0 Å². The summed E-state index contributed by atoms with van der Waals surface area (Å²) in [5.74, 6) is 0.416. The first-order chi connectivity index (χ1) is 9.75. The number of rotatable bonds is 0. The van der Waals surface area contributed by atoms with Gasteiger partial charge in [0.05, 0.1) is 5.02 Å². The third-order valence-corrected chi connectivity index (χ3v) is 3.94. The molecule has 1 aromatic carbocycles. The molecule has 0 saturated heterocycles. The average Bonchev–Trinajstić information content (AvgIpc) is 2.36. The van der Waals surface area contributed by atoms with Gasteiger partial charge in [-0.05, 0) is 29.2 Å². The van der Waals surface area contributed by atoms with Gasteiger partial charge in [0.25, 0.3) is 0 Å². The van der Waals surface area contributed by atoms with Crippen molar-refractivity contribution in [1.29, 1.82) is 0 Å². The number of nitrogens with zero attached hydrogens (tertiary/aromatic N) is 1. The zero-order valence-electron chi connectivity index (χ0n) is 11.8. The Hall–Kier alpha value is -1.58. The van der Waals surface area contributed by atoms with E-state index in [1.165, 1.54) is 12.1 Å². The Morgan fingerprint density at radius 3 is 2.43 bits per heavy atom. The fourth-order valence-corrected chi connectivity index (χ4v) is 2.83. The zero-order valence-corrected chi connectivity index (χ0v) is 13.3. The first-order valence-corrected chi connectivity index (χ1v) is 7.25. The molecular weight excluding hydrogens is 309 g/mol. The minimum atomic E-state index is -0.279. The fraction of sp³-hybridized carbons (Fsp3) is 0.250. The number of hydrogen-bond acceptors (Lipinski definition) is 3. The Balaban J connectivity index is 2.37. The predicted octanol–water partition coefficient (Wildman–Crippen LogP) is 4.90. The second-order valence-corrected chi connectivity index (χ2v) is 6.83. The van der Waals surface area contributed by atoms with Crippen LogP contribution in [0.1, 0.15) is 26.3 Å². The van der Waals surface area contributed by atoms with Crippen LogP contribution in [0.4, 0.5) is 0 Å². The highest BCUT2D eigenvalue weighted by atomic mass is 35.5. The topological polar surface area (TPSA) is 43.1 Å². The molecule has 0 atom stereocenters. The maximum atomic E-state index is 11.6. The van der Waals surface area contributed by atoms with Gasteiger partial charge in [-0.25, -0.2) is 4.98 Å². The molecule has 0 bridgehead atoms. The molecule has 1 aliphatic heterocycles. The summed E-state index contributed by atoms with van der Waals surface area (Å²) in [4.78, 5) is 16.1. The highest BCUT2D eigenvalue weighted by Crippen LogP contribution is 2.34. The lowest BCUT2D eigenvalue weighted by Crippen LogP contribution is -2.12. The van der Waals surface area contributed by atoms with Crippen LogP contribution >= 0.6 is 23.2 Å². The van der Waals surface area contributed by atoms with Crippen molar-refractivity contribution < 1.29 is 4.42 Å². The van der Waals surface area contributed by atoms with Crippen molar-refractivity contribution in [2.75, 3.05) is 0 Å². The minimum Gasteiger partial charge on any atom is -0.453 e. The van der Waals surface area contributed by atoms with Crippen LogP contribution in [-0.4, -0.2) is 4.98 Å². The molecule has 2 aliphatic rings. The molecule has 0 saturated carbocycles. The maximum Gasteiger partial charge on any atom is 0.201 e. The Morgan fingerprint density at radius 1 is 1.05 bits per heavy atom. The first kappa shape index (κ1) is 14.4. The van der Waals surface area contributed by atoms with Gasteiger partial charge in [-0.15, -0.1) is 0 Å². The Kier molecular flexibility index (Phi) is 3.23. The van der Waals surface area contributed by atoms with E-state index in [0.29, 0.717) is 27.6 Å². The Bertz CT molecular complexity index is 878. The van der Waals surface area contributed by atoms with E-state index in [9.17, 15) is 4.79 Å². The molecule has 1 aliphatic carbocycles. The van der Waals surface area contributed by atoms with Crippen molar-refractivity contribution in [3.8, 4) is 11.5 Å². The molecule has 3 rings (SSSR count). The molecule has 21 heavy (non-hydrogen) atoms. The van der Waals surface area contributed by atoms with Crippen molar-refractivity contribution in [1.82, 2.24) is 4.98 Å². The molecule has 5 heteroatoms. The summed E-state index contributed by atoms with van der Waals surface area (Å²) in [5.41, 5.74) is 2.34. The lowest BCUT2D eigenvalue weighted by atomic mass is 9.87. The number of aromatic nitrogens is 1. The molecule has 0 fully saturated rings. The number of benzene rings is 2.